The smallest absolute Gasteiger partial charge is 0.277 e. The third kappa shape index (κ3) is 6.41. The van der Waals surface area contributed by atoms with E-state index in [0.29, 0.717) is 22.8 Å². The second-order valence-corrected chi connectivity index (χ2v) is 11.8. The first kappa shape index (κ1) is 25.2. The van der Waals surface area contributed by atoms with Crippen LogP contribution in [0.2, 0.25) is 0 Å². The van der Waals surface area contributed by atoms with Gasteiger partial charge in [0.2, 0.25) is 16.0 Å². The van der Waals surface area contributed by atoms with Crippen LogP contribution in [-0.4, -0.2) is 32.8 Å². The molecule has 0 atom stereocenters. The highest BCUT2D eigenvalue weighted by atomic mass is 32.2. The highest BCUT2D eigenvalue weighted by Crippen LogP contribution is 2.27. The summed E-state index contributed by atoms with van der Waals surface area (Å²) < 4.78 is 52.8. The van der Waals surface area contributed by atoms with E-state index in [1.165, 1.54) is 0 Å². The van der Waals surface area contributed by atoms with Gasteiger partial charge in [-0.05, 0) is 68.0 Å². The number of nitrogens with zero attached hydrogens (tertiary/aromatic N) is 2. The summed E-state index contributed by atoms with van der Waals surface area (Å²) in [4.78, 5) is 9.09. The van der Waals surface area contributed by atoms with Crippen LogP contribution in [0.4, 0.5) is 11.6 Å². The summed E-state index contributed by atoms with van der Waals surface area (Å²) in [5, 5.41) is 8.45. The minimum atomic E-state index is -3.82. The average molecular weight is 517 g/mol. The fourth-order valence-electron chi connectivity index (χ4n) is 3.82. The van der Waals surface area contributed by atoms with Gasteiger partial charge in [-0.1, -0.05) is 24.3 Å². The third-order valence-corrected chi connectivity index (χ3v) is 7.95. The lowest BCUT2D eigenvalue weighted by Crippen LogP contribution is -2.37. The number of aryl methyl sites for hydroxylation is 3. The number of aromatic nitrogens is 2. The standard InChI is InChI=1S/C23H28N6O4S2/c1-14-10-20(11-15(2)22(14)34(24,30)31)27-23-25-12-16(3)21(28-23)18-6-4-17(5-7-18)13-26-35(32,33)29-19-8-9-19/h4-7,10-12,19,26,29H,8-9,13H2,1-3H3,(H2,24,30,31)(H,25,27,28). The van der Waals surface area contributed by atoms with Crippen molar-refractivity contribution < 1.29 is 16.8 Å². The number of nitrogens with one attached hydrogen (secondary N) is 3. The first-order valence-electron chi connectivity index (χ1n) is 11.0. The molecule has 4 rings (SSSR count). The van der Waals surface area contributed by atoms with Crippen molar-refractivity contribution in [1.29, 1.82) is 0 Å². The number of rotatable bonds is 9. The lowest BCUT2D eigenvalue weighted by molar-refractivity contribution is 0.565. The molecule has 1 aliphatic carbocycles. The topological polar surface area (TPSA) is 156 Å². The van der Waals surface area contributed by atoms with Crippen LogP contribution >= 0.6 is 0 Å². The van der Waals surface area contributed by atoms with Gasteiger partial charge in [0, 0.05) is 30.0 Å². The van der Waals surface area contributed by atoms with Gasteiger partial charge in [-0.15, -0.1) is 0 Å². The molecule has 10 nitrogen and oxygen atoms in total. The average Bonchev–Trinajstić information content (AvgIpc) is 3.56. The molecule has 0 unspecified atom stereocenters. The minimum Gasteiger partial charge on any atom is -0.324 e. The molecule has 0 bridgehead atoms. The van der Waals surface area contributed by atoms with E-state index < -0.39 is 20.2 Å². The van der Waals surface area contributed by atoms with Crippen LogP contribution < -0.4 is 19.9 Å². The van der Waals surface area contributed by atoms with Crippen molar-refractivity contribution in [2.45, 2.75) is 51.1 Å². The quantitative estimate of drug-likeness (QED) is 0.340. The van der Waals surface area contributed by atoms with Crippen molar-refractivity contribution in [3.8, 4) is 11.3 Å². The molecule has 1 aliphatic rings. The highest BCUT2D eigenvalue weighted by molar-refractivity contribution is 7.89. The number of hydrogen-bond donors (Lipinski definition) is 4. The molecule has 12 heteroatoms. The van der Waals surface area contributed by atoms with Crippen LogP contribution in [0.1, 0.15) is 35.1 Å². The van der Waals surface area contributed by atoms with Gasteiger partial charge in [0.05, 0.1) is 10.6 Å². The number of anilines is 2. The number of hydrogen-bond acceptors (Lipinski definition) is 7. The Hall–Kier alpha value is -2.90. The maximum Gasteiger partial charge on any atom is 0.277 e. The van der Waals surface area contributed by atoms with E-state index in [1.807, 2.05) is 31.2 Å². The molecule has 5 N–H and O–H groups in total. The number of nitrogens with two attached hydrogens (primary N) is 1. The zero-order valence-corrected chi connectivity index (χ0v) is 21.3. The lowest BCUT2D eigenvalue weighted by atomic mass is 10.1. The van der Waals surface area contributed by atoms with E-state index in [4.69, 9.17) is 5.14 Å². The molecule has 2 aromatic carbocycles. The molecule has 1 aromatic heterocycles. The van der Waals surface area contributed by atoms with E-state index in [1.54, 1.807) is 32.2 Å². The van der Waals surface area contributed by atoms with Gasteiger partial charge in [-0.3, -0.25) is 0 Å². The molecule has 3 aromatic rings. The molecule has 0 radical (unpaired) electrons. The fourth-order valence-corrected chi connectivity index (χ4v) is 5.95. The van der Waals surface area contributed by atoms with Crippen molar-refractivity contribution in [2.24, 2.45) is 5.14 Å². The molecule has 1 fully saturated rings. The summed E-state index contributed by atoms with van der Waals surface area (Å²) in [7, 11) is -7.33. The number of sulfonamides is 1. The van der Waals surface area contributed by atoms with Crippen molar-refractivity contribution in [3.63, 3.8) is 0 Å². The van der Waals surface area contributed by atoms with Crippen LogP contribution in [0.3, 0.4) is 0 Å². The van der Waals surface area contributed by atoms with E-state index >= 15 is 0 Å². The highest BCUT2D eigenvalue weighted by Gasteiger charge is 2.26. The molecular weight excluding hydrogens is 488 g/mol. The Morgan fingerprint density at radius 3 is 2.17 bits per heavy atom. The Kier molecular flexibility index (Phi) is 6.93. The zero-order chi connectivity index (χ0) is 25.4. The first-order valence-corrected chi connectivity index (χ1v) is 14.1. The largest absolute Gasteiger partial charge is 0.324 e. The number of primary sulfonamides is 1. The lowest BCUT2D eigenvalue weighted by Gasteiger charge is -2.13. The van der Waals surface area contributed by atoms with Crippen LogP contribution in [-0.2, 0) is 26.8 Å². The molecule has 0 spiro atoms. The Balaban J connectivity index is 1.50. The Labute approximate surface area is 205 Å². The predicted molar refractivity (Wildman–Crippen MR) is 135 cm³/mol. The zero-order valence-electron chi connectivity index (χ0n) is 19.7. The molecule has 186 valence electrons. The minimum absolute atomic E-state index is 0.0536. The first-order chi connectivity index (χ1) is 16.4. The van der Waals surface area contributed by atoms with Gasteiger partial charge in [-0.2, -0.15) is 17.9 Å². The van der Waals surface area contributed by atoms with Crippen LogP contribution in [0.25, 0.3) is 11.3 Å². The normalized spacial score (nSPS) is 14.2. The van der Waals surface area contributed by atoms with Gasteiger partial charge in [-0.25, -0.2) is 23.5 Å². The fraction of sp³-hybridized carbons (Fsp3) is 0.304. The third-order valence-electron chi connectivity index (χ3n) is 5.57. The summed E-state index contributed by atoms with van der Waals surface area (Å²) in [6.07, 6.45) is 3.46. The monoisotopic (exact) mass is 516 g/mol. The molecule has 1 saturated carbocycles. The van der Waals surface area contributed by atoms with Gasteiger partial charge in [0.1, 0.15) is 0 Å². The van der Waals surface area contributed by atoms with Crippen molar-refractivity contribution in [3.05, 3.63) is 64.8 Å². The second kappa shape index (κ2) is 9.63. The summed E-state index contributed by atoms with van der Waals surface area (Å²) in [5.74, 6) is 0.357. The van der Waals surface area contributed by atoms with Crippen LogP contribution in [0.15, 0.2) is 47.5 Å². The molecule has 35 heavy (non-hydrogen) atoms. The Morgan fingerprint density at radius 2 is 1.60 bits per heavy atom. The number of benzene rings is 2. The molecule has 1 heterocycles. The van der Waals surface area contributed by atoms with E-state index in [2.05, 4.69) is 24.7 Å². The SMILES string of the molecule is Cc1cnc(Nc2cc(C)c(S(N)(=O)=O)c(C)c2)nc1-c1ccc(CNS(=O)(=O)NC2CC2)cc1. The van der Waals surface area contributed by atoms with Crippen LogP contribution in [0, 0.1) is 20.8 Å². The van der Waals surface area contributed by atoms with Crippen molar-refractivity contribution >= 4 is 31.9 Å². The summed E-state index contributed by atoms with van der Waals surface area (Å²) in [6.45, 7) is 5.46. The van der Waals surface area contributed by atoms with Gasteiger partial charge >= 0.3 is 0 Å². The molecule has 0 aliphatic heterocycles. The molecule has 0 saturated heterocycles. The van der Waals surface area contributed by atoms with Gasteiger partial charge < -0.3 is 5.32 Å². The summed E-state index contributed by atoms with van der Waals surface area (Å²) in [6, 6.07) is 10.9. The van der Waals surface area contributed by atoms with E-state index in [0.717, 1.165) is 35.2 Å². The molecule has 0 amide bonds. The Bertz CT molecular complexity index is 1450. The van der Waals surface area contributed by atoms with Crippen molar-refractivity contribution in [2.75, 3.05) is 5.32 Å². The second-order valence-electron chi connectivity index (χ2n) is 8.75. The van der Waals surface area contributed by atoms with E-state index in [9.17, 15) is 16.8 Å². The predicted octanol–water partition coefficient (Wildman–Crippen LogP) is 2.55. The molecular formula is C23H28N6O4S2. The maximum atomic E-state index is 12.0. The summed E-state index contributed by atoms with van der Waals surface area (Å²) in [5.41, 5.74) is 4.97. The van der Waals surface area contributed by atoms with Gasteiger partial charge in [0.25, 0.3) is 10.2 Å². The van der Waals surface area contributed by atoms with Gasteiger partial charge in [0.15, 0.2) is 0 Å². The Morgan fingerprint density at radius 1 is 0.971 bits per heavy atom. The van der Waals surface area contributed by atoms with E-state index in [-0.39, 0.29) is 17.5 Å². The maximum absolute atomic E-state index is 12.0. The van der Waals surface area contributed by atoms with Crippen LogP contribution in [0.5, 0.6) is 0 Å². The summed E-state index contributed by atoms with van der Waals surface area (Å²) >= 11 is 0. The van der Waals surface area contributed by atoms with Crippen molar-refractivity contribution in [1.82, 2.24) is 19.4 Å².